The second-order valence-corrected chi connectivity index (χ2v) is 14.2. The van der Waals surface area contributed by atoms with E-state index < -0.39 is 27.4 Å². The first-order chi connectivity index (χ1) is 18.2. The molecular weight excluding hydrogens is 514 g/mol. The summed E-state index contributed by atoms with van der Waals surface area (Å²) >= 11 is 0. The van der Waals surface area contributed by atoms with E-state index in [0.29, 0.717) is 29.9 Å². The topological polar surface area (TPSA) is 118 Å². The molecule has 214 valence electrons. The molecule has 0 aliphatic heterocycles. The first kappa shape index (κ1) is 29.3. The van der Waals surface area contributed by atoms with Crippen LogP contribution in [0, 0.1) is 32.6 Å². The highest BCUT2D eigenvalue weighted by atomic mass is 32.2. The van der Waals surface area contributed by atoms with Crippen LogP contribution in [-0.2, 0) is 21.4 Å². The number of carboxylic acid groups (broad SMARTS) is 1. The summed E-state index contributed by atoms with van der Waals surface area (Å²) in [5.41, 5.74) is 4.24. The fraction of sp³-hybridized carbons (Fsp3) is 0.600. The molecule has 9 heteroatoms. The minimum Gasteiger partial charge on any atom is -0.481 e. The van der Waals surface area contributed by atoms with Crippen molar-refractivity contribution in [1.82, 2.24) is 14.6 Å². The molecule has 1 aromatic carbocycles. The lowest BCUT2D eigenvalue weighted by molar-refractivity contribution is -0.145. The molecule has 0 radical (unpaired) electrons. The van der Waals surface area contributed by atoms with Crippen molar-refractivity contribution in [3.05, 3.63) is 40.6 Å². The van der Waals surface area contributed by atoms with Gasteiger partial charge in [-0.15, -0.1) is 0 Å². The van der Waals surface area contributed by atoms with Gasteiger partial charge in [-0.25, -0.2) is 13.1 Å². The highest BCUT2D eigenvalue weighted by Gasteiger charge is 2.36. The third kappa shape index (κ3) is 6.40. The van der Waals surface area contributed by atoms with Gasteiger partial charge in [0.05, 0.1) is 16.4 Å². The lowest BCUT2D eigenvalue weighted by Crippen LogP contribution is -2.46. The molecule has 2 fully saturated rings. The summed E-state index contributed by atoms with van der Waals surface area (Å²) in [6, 6.07) is 5.31. The normalized spacial score (nSPS) is 20.5. The van der Waals surface area contributed by atoms with Crippen LogP contribution in [0.1, 0.15) is 92.9 Å². The van der Waals surface area contributed by atoms with Gasteiger partial charge in [0.25, 0.3) is 5.91 Å². The lowest BCUT2D eigenvalue weighted by Gasteiger charge is -2.32. The van der Waals surface area contributed by atoms with Gasteiger partial charge in [0.2, 0.25) is 10.0 Å². The second-order valence-electron chi connectivity index (χ2n) is 12.5. The van der Waals surface area contributed by atoms with Crippen LogP contribution in [0.4, 0.5) is 0 Å². The molecule has 1 amide bonds. The van der Waals surface area contributed by atoms with Gasteiger partial charge in [0.1, 0.15) is 0 Å². The van der Waals surface area contributed by atoms with Crippen molar-refractivity contribution in [3.8, 4) is 11.3 Å². The van der Waals surface area contributed by atoms with Crippen LogP contribution in [0.5, 0.6) is 0 Å². The van der Waals surface area contributed by atoms with Gasteiger partial charge >= 0.3 is 5.97 Å². The first-order valence-corrected chi connectivity index (χ1v) is 15.5. The van der Waals surface area contributed by atoms with Gasteiger partial charge in [0, 0.05) is 35.1 Å². The van der Waals surface area contributed by atoms with Gasteiger partial charge in [-0.1, -0.05) is 25.3 Å². The van der Waals surface area contributed by atoms with Crippen LogP contribution in [0.15, 0.2) is 23.1 Å². The Morgan fingerprint density at radius 3 is 2.26 bits per heavy atom. The highest BCUT2D eigenvalue weighted by molar-refractivity contribution is 7.89. The Morgan fingerprint density at radius 1 is 1.03 bits per heavy atom. The highest BCUT2D eigenvalue weighted by Crippen LogP contribution is 2.36. The zero-order valence-electron chi connectivity index (χ0n) is 24.1. The van der Waals surface area contributed by atoms with Crippen molar-refractivity contribution in [1.29, 1.82) is 0 Å². The minimum absolute atomic E-state index is 0.132. The van der Waals surface area contributed by atoms with Gasteiger partial charge in [-0.3, -0.25) is 9.59 Å². The number of carbonyl (C=O) groups excluding carboxylic acids is 1. The zero-order chi connectivity index (χ0) is 28.7. The Hall–Kier alpha value is -2.65. The fourth-order valence-corrected chi connectivity index (χ4v) is 7.70. The van der Waals surface area contributed by atoms with Crippen molar-refractivity contribution in [3.63, 3.8) is 0 Å². The summed E-state index contributed by atoms with van der Waals surface area (Å²) in [6.45, 7) is 12.0. The molecule has 3 N–H and O–H groups in total. The molecule has 2 saturated carbocycles. The van der Waals surface area contributed by atoms with E-state index >= 15 is 0 Å². The summed E-state index contributed by atoms with van der Waals surface area (Å²) in [7, 11) is -3.70. The first-order valence-electron chi connectivity index (χ1n) is 14.1. The predicted molar refractivity (Wildman–Crippen MR) is 152 cm³/mol. The molecule has 2 aliphatic carbocycles. The molecule has 0 unspecified atom stereocenters. The molecule has 0 saturated heterocycles. The lowest BCUT2D eigenvalue weighted by atomic mass is 9.80. The number of nitrogens with one attached hydrogen (secondary N) is 2. The average Bonchev–Trinajstić information content (AvgIpc) is 3.12. The van der Waals surface area contributed by atoms with E-state index in [2.05, 4.69) is 14.6 Å². The molecular formula is C30H43N3O5S. The van der Waals surface area contributed by atoms with Gasteiger partial charge < -0.3 is 15.0 Å². The maximum absolute atomic E-state index is 13.3. The van der Waals surface area contributed by atoms with Crippen LogP contribution in [0.2, 0.25) is 0 Å². The Kier molecular flexibility index (Phi) is 8.34. The molecule has 1 heterocycles. The minimum atomic E-state index is -3.70. The smallest absolute Gasteiger partial charge is 0.306 e. The van der Waals surface area contributed by atoms with Crippen molar-refractivity contribution >= 4 is 21.9 Å². The van der Waals surface area contributed by atoms with Gasteiger partial charge in [0.15, 0.2) is 0 Å². The van der Waals surface area contributed by atoms with Crippen molar-refractivity contribution in [2.24, 2.45) is 11.8 Å². The quantitative estimate of drug-likeness (QED) is 0.406. The Labute approximate surface area is 232 Å². The molecule has 8 nitrogen and oxygen atoms in total. The van der Waals surface area contributed by atoms with E-state index in [1.54, 1.807) is 6.07 Å². The van der Waals surface area contributed by atoms with Crippen LogP contribution in [0.25, 0.3) is 11.3 Å². The number of hydrogen-bond donors (Lipinski definition) is 3. The Bertz CT molecular complexity index is 1360. The molecule has 0 atom stereocenters. The average molecular weight is 558 g/mol. The maximum atomic E-state index is 13.3. The molecule has 2 aliphatic rings. The van der Waals surface area contributed by atoms with E-state index in [4.69, 9.17) is 0 Å². The monoisotopic (exact) mass is 557 g/mol. The van der Waals surface area contributed by atoms with Crippen molar-refractivity contribution in [2.75, 3.05) is 0 Å². The maximum Gasteiger partial charge on any atom is 0.306 e. The second kappa shape index (κ2) is 11.1. The molecule has 4 rings (SSSR count). The number of rotatable bonds is 8. The summed E-state index contributed by atoms with van der Waals surface area (Å²) in [6.07, 6.45) is 6.91. The van der Waals surface area contributed by atoms with E-state index in [1.165, 1.54) is 19.3 Å². The fourth-order valence-electron chi connectivity index (χ4n) is 5.98. The number of carbonyl (C=O) groups is 2. The summed E-state index contributed by atoms with van der Waals surface area (Å²) in [5.74, 6) is -0.866. The molecule has 0 bridgehead atoms. The Balaban J connectivity index is 1.71. The number of carboxylic acids is 1. The van der Waals surface area contributed by atoms with Crippen molar-refractivity contribution in [2.45, 2.75) is 110 Å². The predicted octanol–water partition coefficient (Wildman–Crippen LogP) is 5.33. The number of hydrogen-bond acceptors (Lipinski definition) is 4. The van der Waals surface area contributed by atoms with E-state index in [-0.39, 0.29) is 16.8 Å². The van der Waals surface area contributed by atoms with Crippen LogP contribution < -0.4 is 10.0 Å². The SMILES string of the molecule is Cc1c(-c2cc(C(=O)NC3CC(C(=O)O)C3)c(C)n2CC2CCCCC2)ccc(S(=O)(=O)NC(C)(C)C)c1C. The van der Waals surface area contributed by atoms with E-state index in [0.717, 1.165) is 41.9 Å². The molecule has 0 spiro atoms. The molecule has 39 heavy (non-hydrogen) atoms. The van der Waals surface area contributed by atoms with E-state index in [9.17, 15) is 23.1 Å². The Morgan fingerprint density at radius 2 is 1.67 bits per heavy atom. The largest absolute Gasteiger partial charge is 0.481 e. The van der Waals surface area contributed by atoms with Crippen LogP contribution >= 0.6 is 0 Å². The van der Waals surface area contributed by atoms with E-state index in [1.807, 2.05) is 53.7 Å². The van der Waals surface area contributed by atoms with Crippen molar-refractivity contribution < 1.29 is 23.1 Å². The molecule has 1 aromatic heterocycles. The summed E-state index contributed by atoms with van der Waals surface area (Å²) < 4.78 is 31.3. The third-order valence-electron chi connectivity index (χ3n) is 8.34. The van der Waals surface area contributed by atoms with Crippen LogP contribution in [-0.4, -0.2) is 41.5 Å². The number of sulfonamides is 1. The number of aliphatic carboxylic acids is 1. The van der Waals surface area contributed by atoms with Crippen LogP contribution in [0.3, 0.4) is 0 Å². The summed E-state index contributed by atoms with van der Waals surface area (Å²) in [5, 5.41) is 12.2. The van der Waals surface area contributed by atoms with Gasteiger partial charge in [-0.2, -0.15) is 0 Å². The number of aromatic nitrogens is 1. The zero-order valence-corrected chi connectivity index (χ0v) is 24.9. The number of nitrogens with zero attached hydrogens (tertiary/aromatic N) is 1. The third-order valence-corrected chi connectivity index (χ3v) is 10.2. The summed E-state index contributed by atoms with van der Waals surface area (Å²) in [4.78, 5) is 24.8. The number of amides is 1. The standard InChI is InChI=1S/C30H43N3O5S/c1-18-19(2)27(39(37,38)32-30(4,5)6)13-12-24(18)26-16-25(28(34)31-23-14-22(15-23)29(35)36)20(3)33(26)17-21-10-8-7-9-11-21/h12-13,16,21-23,32H,7-11,14-15,17H2,1-6H3,(H,31,34)(H,35,36). The van der Waals surface area contributed by atoms with Gasteiger partial charge in [-0.05, 0) is 96.4 Å². The molecule has 2 aromatic rings. The number of benzene rings is 1.